The number of halogens is 2. The molecule has 1 unspecified atom stereocenters. The van der Waals surface area contributed by atoms with E-state index in [1.807, 2.05) is 40.7 Å². The van der Waals surface area contributed by atoms with Crippen LogP contribution in [0.15, 0.2) is 55.0 Å². The van der Waals surface area contributed by atoms with Crippen LogP contribution in [0.5, 0.6) is 0 Å². The van der Waals surface area contributed by atoms with Crippen LogP contribution in [0.25, 0.3) is 11.1 Å². The third kappa shape index (κ3) is 4.17. The van der Waals surface area contributed by atoms with Crippen molar-refractivity contribution >= 4 is 5.91 Å². The van der Waals surface area contributed by atoms with Gasteiger partial charge in [0.25, 0.3) is 5.91 Å². The summed E-state index contributed by atoms with van der Waals surface area (Å²) in [5.41, 5.74) is 2.30. The molecule has 1 amide bonds. The fourth-order valence-electron chi connectivity index (χ4n) is 5.15. The molecule has 3 atom stereocenters. The Hall–Kier alpha value is -3.06. The molecule has 2 fully saturated rings. The Morgan fingerprint density at radius 1 is 1.15 bits per heavy atom. The highest BCUT2D eigenvalue weighted by molar-refractivity contribution is 5.92. The molecule has 2 aliphatic heterocycles. The van der Waals surface area contributed by atoms with E-state index >= 15 is 0 Å². The summed E-state index contributed by atoms with van der Waals surface area (Å²) in [5, 5.41) is 0. The lowest BCUT2D eigenvalue weighted by atomic mass is 9.87. The normalized spacial score (nSPS) is 21.5. The van der Waals surface area contributed by atoms with Crippen molar-refractivity contribution in [2.45, 2.75) is 38.3 Å². The van der Waals surface area contributed by atoms with Gasteiger partial charge in [-0.25, -0.2) is 13.8 Å². The zero-order valence-corrected chi connectivity index (χ0v) is 18.6. The predicted molar refractivity (Wildman–Crippen MR) is 121 cm³/mol. The van der Waals surface area contributed by atoms with E-state index in [9.17, 15) is 13.6 Å². The number of nitrogens with zero attached hydrogens (tertiary/aromatic N) is 3. The molecule has 172 valence electrons. The molecular formula is C26H27F2N3O2. The summed E-state index contributed by atoms with van der Waals surface area (Å²) < 4.78 is 35.8. The summed E-state index contributed by atoms with van der Waals surface area (Å²) in [5.74, 6) is -0.775. The molecule has 5 rings (SSSR count). The molecule has 0 bridgehead atoms. The Labute approximate surface area is 192 Å². The van der Waals surface area contributed by atoms with Crippen LogP contribution in [-0.2, 0) is 4.74 Å². The molecule has 0 spiro atoms. The average molecular weight is 452 g/mol. The third-order valence-corrected chi connectivity index (χ3v) is 6.97. The van der Waals surface area contributed by atoms with E-state index in [0.29, 0.717) is 35.8 Å². The SMILES string of the molecule is C[C@@H](c1ccccc1-c1ccc(F)cc1F)n1cncc1C(=O)N1CCC2CCCO[C@@H]2C1. The monoisotopic (exact) mass is 451 g/mol. The Balaban J connectivity index is 1.43. The van der Waals surface area contributed by atoms with Gasteiger partial charge in [-0.15, -0.1) is 0 Å². The van der Waals surface area contributed by atoms with Crippen LogP contribution in [0.1, 0.15) is 48.3 Å². The first kappa shape index (κ1) is 21.8. The van der Waals surface area contributed by atoms with Crippen LogP contribution in [-0.4, -0.2) is 46.2 Å². The smallest absolute Gasteiger partial charge is 0.272 e. The van der Waals surface area contributed by atoms with E-state index in [0.717, 1.165) is 31.1 Å². The number of hydrogen-bond acceptors (Lipinski definition) is 3. The molecule has 7 heteroatoms. The number of likely N-dealkylation sites (tertiary alicyclic amines) is 1. The van der Waals surface area contributed by atoms with E-state index in [1.165, 1.54) is 18.6 Å². The number of benzene rings is 2. The topological polar surface area (TPSA) is 47.4 Å². The highest BCUT2D eigenvalue weighted by Gasteiger charge is 2.35. The van der Waals surface area contributed by atoms with Crippen LogP contribution in [0.2, 0.25) is 0 Å². The summed E-state index contributed by atoms with van der Waals surface area (Å²) in [7, 11) is 0. The molecule has 5 nitrogen and oxygen atoms in total. The number of piperidine rings is 1. The summed E-state index contributed by atoms with van der Waals surface area (Å²) >= 11 is 0. The first-order valence-corrected chi connectivity index (χ1v) is 11.5. The summed E-state index contributed by atoms with van der Waals surface area (Å²) in [6, 6.07) is 10.7. The van der Waals surface area contributed by atoms with Crippen LogP contribution >= 0.6 is 0 Å². The third-order valence-electron chi connectivity index (χ3n) is 6.97. The second-order valence-electron chi connectivity index (χ2n) is 8.92. The highest BCUT2D eigenvalue weighted by atomic mass is 19.1. The second kappa shape index (κ2) is 9.06. The lowest BCUT2D eigenvalue weighted by Gasteiger charge is -2.41. The van der Waals surface area contributed by atoms with E-state index in [4.69, 9.17) is 4.74 Å². The van der Waals surface area contributed by atoms with Crippen molar-refractivity contribution in [1.82, 2.24) is 14.5 Å². The van der Waals surface area contributed by atoms with E-state index in [-0.39, 0.29) is 18.1 Å². The van der Waals surface area contributed by atoms with Gasteiger partial charge >= 0.3 is 0 Å². The molecule has 3 aromatic rings. The molecule has 3 heterocycles. The van der Waals surface area contributed by atoms with E-state index in [1.54, 1.807) is 12.5 Å². The molecule has 2 aromatic carbocycles. The number of hydrogen-bond donors (Lipinski definition) is 0. The molecule has 2 aliphatic rings. The number of aromatic nitrogens is 2. The zero-order chi connectivity index (χ0) is 22.9. The Morgan fingerprint density at radius 3 is 2.85 bits per heavy atom. The molecule has 0 aliphatic carbocycles. The van der Waals surface area contributed by atoms with Crippen molar-refractivity contribution < 1.29 is 18.3 Å². The van der Waals surface area contributed by atoms with Gasteiger partial charge in [-0.1, -0.05) is 24.3 Å². The Kier molecular flexibility index (Phi) is 5.98. The maximum absolute atomic E-state index is 14.6. The number of fused-ring (bicyclic) bond motifs is 1. The Bertz CT molecular complexity index is 1160. The average Bonchev–Trinajstić information content (AvgIpc) is 3.33. The van der Waals surface area contributed by atoms with Crippen LogP contribution in [0.4, 0.5) is 8.78 Å². The lowest BCUT2D eigenvalue weighted by Crippen LogP contribution is -2.49. The second-order valence-corrected chi connectivity index (χ2v) is 8.92. The standard InChI is InChI=1S/C26H27F2N3O2/c1-17(20-6-2-3-7-21(20)22-9-8-19(27)13-23(22)28)31-16-29-14-24(31)26(32)30-11-10-18-5-4-12-33-25(18)15-30/h2-3,6-9,13-14,16-18,25H,4-5,10-12,15H2,1H3/t17-,18?,25+/m0/s1. The van der Waals surface area contributed by atoms with Gasteiger partial charge in [0.2, 0.25) is 0 Å². The first-order valence-electron chi connectivity index (χ1n) is 11.5. The van der Waals surface area contributed by atoms with Gasteiger partial charge in [-0.05, 0) is 55.4 Å². The van der Waals surface area contributed by atoms with E-state index < -0.39 is 11.6 Å². The van der Waals surface area contributed by atoms with Crippen LogP contribution in [0, 0.1) is 17.6 Å². The quantitative estimate of drug-likeness (QED) is 0.556. The number of ether oxygens (including phenoxy) is 1. The van der Waals surface area contributed by atoms with Crippen LogP contribution < -0.4 is 0 Å². The fourth-order valence-corrected chi connectivity index (χ4v) is 5.15. The largest absolute Gasteiger partial charge is 0.376 e. The molecule has 0 N–H and O–H groups in total. The number of carbonyl (C=O) groups is 1. The molecule has 0 radical (unpaired) electrons. The zero-order valence-electron chi connectivity index (χ0n) is 18.6. The maximum Gasteiger partial charge on any atom is 0.272 e. The number of carbonyl (C=O) groups excluding carboxylic acids is 1. The lowest BCUT2D eigenvalue weighted by molar-refractivity contribution is -0.0629. The summed E-state index contributed by atoms with van der Waals surface area (Å²) in [6.07, 6.45) is 6.54. The number of imidazole rings is 1. The van der Waals surface area contributed by atoms with Crippen LogP contribution in [0.3, 0.4) is 0 Å². The maximum atomic E-state index is 14.6. The van der Waals surface area contributed by atoms with Gasteiger partial charge < -0.3 is 14.2 Å². The van der Waals surface area contributed by atoms with Gasteiger partial charge in [-0.3, -0.25) is 4.79 Å². The van der Waals surface area contributed by atoms with Gasteiger partial charge in [0.15, 0.2) is 0 Å². The molecule has 33 heavy (non-hydrogen) atoms. The molecule has 1 aromatic heterocycles. The minimum absolute atomic E-state index is 0.0718. The van der Waals surface area contributed by atoms with Gasteiger partial charge in [0.05, 0.1) is 24.7 Å². The van der Waals surface area contributed by atoms with Gasteiger partial charge in [0, 0.05) is 31.3 Å². The molecular weight excluding hydrogens is 424 g/mol. The number of rotatable bonds is 4. The van der Waals surface area contributed by atoms with Crippen molar-refractivity contribution in [2.75, 3.05) is 19.7 Å². The first-order chi connectivity index (χ1) is 16.0. The summed E-state index contributed by atoms with van der Waals surface area (Å²) in [4.78, 5) is 19.6. The number of amides is 1. The molecule has 2 saturated heterocycles. The van der Waals surface area contributed by atoms with Gasteiger partial charge in [-0.2, -0.15) is 0 Å². The predicted octanol–water partition coefficient (Wildman–Crippen LogP) is 5.08. The minimum Gasteiger partial charge on any atom is -0.376 e. The van der Waals surface area contributed by atoms with Crippen molar-refractivity contribution in [3.8, 4) is 11.1 Å². The van der Waals surface area contributed by atoms with Crippen molar-refractivity contribution in [1.29, 1.82) is 0 Å². The van der Waals surface area contributed by atoms with Gasteiger partial charge in [0.1, 0.15) is 17.3 Å². The fraction of sp³-hybridized carbons (Fsp3) is 0.385. The van der Waals surface area contributed by atoms with Crippen molar-refractivity contribution in [3.63, 3.8) is 0 Å². The Morgan fingerprint density at radius 2 is 2.00 bits per heavy atom. The van der Waals surface area contributed by atoms with E-state index in [2.05, 4.69) is 4.98 Å². The minimum atomic E-state index is -0.619. The summed E-state index contributed by atoms with van der Waals surface area (Å²) in [6.45, 7) is 4.02. The van der Waals surface area contributed by atoms with Crippen molar-refractivity contribution in [3.05, 3.63) is 77.9 Å². The highest BCUT2D eigenvalue weighted by Crippen LogP contribution is 2.34. The molecule has 0 saturated carbocycles. The van der Waals surface area contributed by atoms with Crippen molar-refractivity contribution in [2.24, 2.45) is 5.92 Å².